The fraction of sp³-hybridized carbons (Fsp3) is 1.00. The second-order valence-corrected chi connectivity index (χ2v) is 6.31. The molecule has 0 aromatic rings. The van der Waals surface area contributed by atoms with E-state index < -0.39 is 10.0 Å². The molecule has 0 aliphatic carbocycles. The van der Waals surface area contributed by atoms with Gasteiger partial charge in [0, 0.05) is 18.6 Å². The lowest BCUT2D eigenvalue weighted by Crippen LogP contribution is -2.39. The minimum Gasteiger partial charge on any atom is -0.313 e. The predicted molar refractivity (Wildman–Crippen MR) is 69.0 cm³/mol. The van der Waals surface area contributed by atoms with Gasteiger partial charge in [-0.05, 0) is 12.8 Å². The van der Waals surface area contributed by atoms with Crippen molar-refractivity contribution in [3.63, 3.8) is 0 Å². The first kappa shape index (κ1) is 15.9. The standard InChI is InChI=1S/C11H26N2O2S/c1-5-7-11(6-2)13-16(14,15)9-8-12-10(3)4/h10-13H,5-9H2,1-4H3. The maximum absolute atomic E-state index is 11.7. The van der Waals surface area contributed by atoms with Crippen LogP contribution in [0.25, 0.3) is 0 Å². The molecule has 0 rings (SSSR count). The Morgan fingerprint density at radius 1 is 1.19 bits per heavy atom. The molecular formula is C11H26N2O2S. The Balaban J connectivity index is 4.02. The van der Waals surface area contributed by atoms with Crippen LogP contribution in [0.5, 0.6) is 0 Å². The summed E-state index contributed by atoms with van der Waals surface area (Å²) in [7, 11) is -3.12. The van der Waals surface area contributed by atoms with Gasteiger partial charge in [-0.2, -0.15) is 0 Å². The highest BCUT2D eigenvalue weighted by Crippen LogP contribution is 2.02. The Kier molecular flexibility index (Phi) is 7.97. The normalized spacial score (nSPS) is 14.3. The van der Waals surface area contributed by atoms with E-state index in [9.17, 15) is 8.42 Å². The number of sulfonamides is 1. The minimum absolute atomic E-state index is 0.0917. The Labute approximate surface area is 100 Å². The SMILES string of the molecule is CCCC(CC)NS(=O)(=O)CCNC(C)C. The van der Waals surface area contributed by atoms with Crippen molar-refractivity contribution in [1.29, 1.82) is 0 Å². The van der Waals surface area contributed by atoms with Crippen molar-refractivity contribution in [3.05, 3.63) is 0 Å². The van der Waals surface area contributed by atoms with Crippen molar-refractivity contribution in [3.8, 4) is 0 Å². The van der Waals surface area contributed by atoms with Crippen LogP contribution in [0, 0.1) is 0 Å². The lowest BCUT2D eigenvalue weighted by molar-refractivity contribution is 0.509. The molecule has 0 fully saturated rings. The zero-order valence-corrected chi connectivity index (χ0v) is 11.7. The molecule has 0 aliphatic rings. The molecular weight excluding hydrogens is 224 g/mol. The Bertz CT molecular complexity index is 263. The lowest BCUT2D eigenvalue weighted by Gasteiger charge is -2.16. The molecule has 0 saturated carbocycles. The average Bonchev–Trinajstić information content (AvgIpc) is 2.15. The molecule has 0 aromatic carbocycles. The summed E-state index contributed by atoms with van der Waals surface area (Å²) in [6.45, 7) is 8.60. The van der Waals surface area contributed by atoms with Gasteiger partial charge in [-0.25, -0.2) is 13.1 Å². The van der Waals surface area contributed by atoms with Crippen LogP contribution < -0.4 is 10.0 Å². The highest BCUT2D eigenvalue weighted by atomic mass is 32.2. The fourth-order valence-electron chi connectivity index (χ4n) is 1.49. The largest absolute Gasteiger partial charge is 0.313 e. The van der Waals surface area contributed by atoms with E-state index >= 15 is 0 Å². The smallest absolute Gasteiger partial charge is 0.213 e. The van der Waals surface area contributed by atoms with Gasteiger partial charge in [0.1, 0.15) is 0 Å². The van der Waals surface area contributed by atoms with Gasteiger partial charge in [0.15, 0.2) is 0 Å². The maximum Gasteiger partial charge on any atom is 0.213 e. The molecule has 2 N–H and O–H groups in total. The molecule has 1 atom stereocenters. The van der Waals surface area contributed by atoms with Crippen molar-refractivity contribution < 1.29 is 8.42 Å². The monoisotopic (exact) mass is 250 g/mol. The van der Waals surface area contributed by atoms with Gasteiger partial charge in [0.2, 0.25) is 10.0 Å². The van der Waals surface area contributed by atoms with Gasteiger partial charge in [-0.15, -0.1) is 0 Å². The van der Waals surface area contributed by atoms with E-state index in [0.717, 1.165) is 19.3 Å². The second-order valence-electron chi connectivity index (χ2n) is 4.44. The van der Waals surface area contributed by atoms with Gasteiger partial charge in [-0.1, -0.05) is 34.1 Å². The molecule has 0 saturated heterocycles. The molecule has 4 nitrogen and oxygen atoms in total. The molecule has 0 spiro atoms. The third kappa shape index (κ3) is 8.07. The summed E-state index contributed by atoms with van der Waals surface area (Å²) in [5.74, 6) is 0.158. The maximum atomic E-state index is 11.7. The number of nitrogens with one attached hydrogen (secondary N) is 2. The van der Waals surface area contributed by atoms with Crippen LogP contribution in [0.4, 0.5) is 0 Å². The van der Waals surface area contributed by atoms with E-state index in [1.807, 2.05) is 20.8 Å². The minimum atomic E-state index is -3.12. The van der Waals surface area contributed by atoms with Crippen LogP contribution in [0.3, 0.4) is 0 Å². The van der Waals surface area contributed by atoms with Crippen LogP contribution in [0.2, 0.25) is 0 Å². The van der Waals surface area contributed by atoms with E-state index in [2.05, 4.69) is 17.0 Å². The molecule has 0 bridgehead atoms. The molecule has 0 aliphatic heterocycles. The van der Waals surface area contributed by atoms with E-state index in [1.54, 1.807) is 0 Å². The van der Waals surface area contributed by atoms with Gasteiger partial charge in [0.05, 0.1) is 5.75 Å². The summed E-state index contributed by atoms with van der Waals surface area (Å²) in [6.07, 6.45) is 2.77. The van der Waals surface area contributed by atoms with Crippen molar-refractivity contribution in [2.45, 2.75) is 59.0 Å². The van der Waals surface area contributed by atoms with Crippen molar-refractivity contribution in [1.82, 2.24) is 10.0 Å². The third-order valence-electron chi connectivity index (χ3n) is 2.40. The Morgan fingerprint density at radius 3 is 2.25 bits per heavy atom. The van der Waals surface area contributed by atoms with Crippen molar-refractivity contribution in [2.24, 2.45) is 0 Å². The molecule has 0 amide bonds. The number of hydrogen-bond donors (Lipinski definition) is 2. The van der Waals surface area contributed by atoms with E-state index in [4.69, 9.17) is 0 Å². The molecule has 0 radical (unpaired) electrons. The Morgan fingerprint density at radius 2 is 1.81 bits per heavy atom. The van der Waals surface area contributed by atoms with E-state index in [-0.39, 0.29) is 11.8 Å². The van der Waals surface area contributed by atoms with Crippen LogP contribution in [-0.4, -0.2) is 32.8 Å². The van der Waals surface area contributed by atoms with Gasteiger partial charge in [-0.3, -0.25) is 0 Å². The van der Waals surface area contributed by atoms with Crippen LogP contribution in [0.15, 0.2) is 0 Å². The van der Waals surface area contributed by atoms with E-state index in [1.165, 1.54) is 0 Å². The third-order valence-corrected chi connectivity index (χ3v) is 3.83. The van der Waals surface area contributed by atoms with Gasteiger partial charge in [0.25, 0.3) is 0 Å². The van der Waals surface area contributed by atoms with Crippen molar-refractivity contribution >= 4 is 10.0 Å². The number of hydrogen-bond acceptors (Lipinski definition) is 3. The molecule has 98 valence electrons. The van der Waals surface area contributed by atoms with Crippen LogP contribution in [-0.2, 0) is 10.0 Å². The zero-order chi connectivity index (χ0) is 12.6. The lowest BCUT2D eigenvalue weighted by atomic mass is 10.1. The van der Waals surface area contributed by atoms with Gasteiger partial charge < -0.3 is 5.32 Å². The highest BCUT2D eigenvalue weighted by Gasteiger charge is 2.15. The quantitative estimate of drug-likeness (QED) is 0.652. The molecule has 0 aromatic heterocycles. The molecule has 5 heteroatoms. The zero-order valence-electron chi connectivity index (χ0n) is 10.9. The van der Waals surface area contributed by atoms with Crippen LogP contribution in [0.1, 0.15) is 47.0 Å². The summed E-state index contributed by atoms with van der Waals surface area (Å²) >= 11 is 0. The summed E-state index contributed by atoms with van der Waals surface area (Å²) in [4.78, 5) is 0. The number of rotatable bonds is 9. The highest BCUT2D eigenvalue weighted by molar-refractivity contribution is 7.89. The molecule has 16 heavy (non-hydrogen) atoms. The summed E-state index contributed by atoms with van der Waals surface area (Å²) < 4.78 is 26.2. The molecule has 0 heterocycles. The average molecular weight is 250 g/mol. The summed E-state index contributed by atoms with van der Waals surface area (Å²) in [5, 5.41) is 3.11. The second kappa shape index (κ2) is 8.03. The molecule has 1 unspecified atom stereocenters. The first-order valence-electron chi connectivity index (χ1n) is 6.14. The summed E-state index contributed by atoms with van der Waals surface area (Å²) in [5.41, 5.74) is 0. The fourth-order valence-corrected chi connectivity index (χ4v) is 2.79. The Hall–Kier alpha value is -0.130. The first-order valence-corrected chi connectivity index (χ1v) is 7.79. The first-order chi connectivity index (χ1) is 7.41. The topological polar surface area (TPSA) is 58.2 Å². The van der Waals surface area contributed by atoms with Crippen LogP contribution >= 0.6 is 0 Å². The van der Waals surface area contributed by atoms with Gasteiger partial charge >= 0.3 is 0 Å². The predicted octanol–water partition coefficient (Wildman–Crippen LogP) is 1.48. The van der Waals surface area contributed by atoms with Crippen molar-refractivity contribution in [2.75, 3.05) is 12.3 Å². The summed E-state index contributed by atoms with van der Waals surface area (Å²) in [6, 6.07) is 0.418. The van der Waals surface area contributed by atoms with E-state index in [0.29, 0.717) is 12.6 Å².